The quantitative estimate of drug-likeness (QED) is 0.427. The zero-order chi connectivity index (χ0) is 14.2. The van der Waals surface area contributed by atoms with Crippen LogP contribution < -0.4 is 11.5 Å². The number of hydrogen-bond acceptors (Lipinski definition) is 2. The molecule has 0 aliphatic rings. The maximum absolute atomic E-state index is 5.53. The normalized spacial score (nSPS) is 12.8. The first-order valence-corrected chi connectivity index (χ1v) is 8.71. The minimum atomic E-state index is 0.857. The van der Waals surface area contributed by atoms with Gasteiger partial charge in [0.15, 0.2) is 0 Å². The second-order valence-electron chi connectivity index (χ2n) is 6.15. The molecular weight excluding hydrogens is 232 g/mol. The summed E-state index contributed by atoms with van der Waals surface area (Å²) < 4.78 is 0. The zero-order valence-corrected chi connectivity index (χ0v) is 13.3. The number of unbranched alkanes of at least 4 members (excludes halogenated alkanes) is 9. The summed E-state index contributed by atoms with van der Waals surface area (Å²) in [6.45, 7) is 4.09. The molecule has 0 heterocycles. The number of hydrogen-bond donors (Lipinski definition) is 2. The third kappa shape index (κ3) is 15.9. The lowest BCUT2D eigenvalue weighted by molar-refractivity contribution is 0.445. The van der Waals surface area contributed by atoms with E-state index in [4.69, 9.17) is 11.5 Å². The topological polar surface area (TPSA) is 52.0 Å². The summed E-state index contributed by atoms with van der Waals surface area (Å²) in [5, 5.41) is 0. The molecule has 0 fully saturated rings. The Kier molecular flexibility index (Phi) is 15.9. The fourth-order valence-corrected chi connectivity index (χ4v) is 2.66. The Morgan fingerprint density at radius 3 is 1.37 bits per heavy atom. The summed E-state index contributed by atoms with van der Waals surface area (Å²) in [5.74, 6) is 0.881. The molecule has 0 saturated carbocycles. The smallest absolute Gasteiger partial charge is 0.00772 e. The number of rotatable bonds is 15. The maximum atomic E-state index is 5.53. The van der Waals surface area contributed by atoms with Crippen molar-refractivity contribution in [2.24, 2.45) is 17.4 Å². The van der Waals surface area contributed by atoms with Gasteiger partial charge in [-0.25, -0.2) is 0 Å². The average Bonchev–Trinajstić information content (AvgIpc) is 2.42. The summed E-state index contributed by atoms with van der Waals surface area (Å²) in [6.07, 6.45) is 17.8. The average molecular weight is 271 g/mol. The van der Waals surface area contributed by atoms with Gasteiger partial charge < -0.3 is 11.5 Å². The van der Waals surface area contributed by atoms with E-state index < -0.39 is 0 Å². The molecule has 2 nitrogen and oxygen atoms in total. The molecule has 0 radical (unpaired) electrons. The first kappa shape index (κ1) is 18.9. The van der Waals surface area contributed by atoms with Crippen LogP contribution in [0.2, 0.25) is 0 Å². The zero-order valence-electron chi connectivity index (χ0n) is 13.3. The predicted octanol–water partition coefficient (Wildman–Crippen LogP) is 4.61. The van der Waals surface area contributed by atoms with Gasteiger partial charge in [0.05, 0.1) is 0 Å². The fraction of sp³-hybridized carbons (Fsp3) is 1.00. The molecule has 2 heteroatoms. The van der Waals surface area contributed by atoms with Crippen LogP contribution in [-0.2, 0) is 0 Å². The van der Waals surface area contributed by atoms with Crippen molar-refractivity contribution in [3.8, 4) is 0 Å². The molecule has 0 aromatic rings. The molecule has 0 rings (SSSR count). The second-order valence-corrected chi connectivity index (χ2v) is 6.15. The van der Waals surface area contributed by atoms with E-state index in [0.29, 0.717) is 0 Å². The van der Waals surface area contributed by atoms with E-state index in [9.17, 15) is 0 Å². The van der Waals surface area contributed by atoms with Gasteiger partial charge >= 0.3 is 0 Å². The summed E-state index contributed by atoms with van der Waals surface area (Å²) in [4.78, 5) is 0. The molecule has 1 atom stereocenters. The van der Waals surface area contributed by atoms with Gasteiger partial charge in [0, 0.05) is 0 Å². The molecule has 4 N–H and O–H groups in total. The molecule has 116 valence electrons. The van der Waals surface area contributed by atoms with Gasteiger partial charge in [-0.3, -0.25) is 0 Å². The van der Waals surface area contributed by atoms with Gasteiger partial charge in [-0.1, -0.05) is 71.1 Å². The minimum absolute atomic E-state index is 0.857. The first-order chi connectivity index (χ1) is 9.31. The lowest BCUT2D eigenvalue weighted by Crippen LogP contribution is -2.02. The Balaban J connectivity index is 3.02. The van der Waals surface area contributed by atoms with Gasteiger partial charge in [-0.15, -0.1) is 0 Å². The largest absolute Gasteiger partial charge is 0.330 e. The van der Waals surface area contributed by atoms with Crippen molar-refractivity contribution in [3.05, 3.63) is 0 Å². The minimum Gasteiger partial charge on any atom is -0.330 e. The van der Waals surface area contributed by atoms with Crippen molar-refractivity contribution in [3.63, 3.8) is 0 Å². The van der Waals surface area contributed by atoms with Crippen molar-refractivity contribution in [1.82, 2.24) is 0 Å². The molecule has 0 aromatic carbocycles. The first-order valence-electron chi connectivity index (χ1n) is 8.71. The predicted molar refractivity (Wildman–Crippen MR) is 87.3 cm³/mol. The highest BCUT2D eigenvalue weighted by Gasteiger charge is 2.01. The van der Waals surface area contributed by atoms with Crippen molar-refractivity contribution >= 4 is 0 Å². The molecule has 1 unspecified atom stereocenters. The van der Waals surface area contributed by atoms with E-state index in [0.717, 1.165) is 19.0 Å². The van der Waals surface area contributed by atoms with Crippen LogP contribution in [0.4, 0.5) is 0 Å². The summed E-state index contributed by atoms with van der Waals surface area (Å²) >= 11 is 0. The number of nitrogens with two attached hydrogens (primary N) is 2. The molecule has 0 amide bonds. The van der Waals surface area contributed by atoms with Crippen molar-refractivity contribution in [2.45, 2.75) is 90.4 Å². The van der Waals surface area contributed by atoms with Crippen LogP contribution in [0.15, 0.2) is 0 Å². The van der Waals surface area contributed by atoms with Gasteiger partial charge in [-0.05, 0) is 38.3 Å². The third-order valence-electron chi connectivity index (χ3n) is 4.05. The van der Waals surface area contributed by atoms with Crippen LogP contribution in [0.5, 0.6) is 0 Å². The lowest BCUT2D eigenvalue weighted by atomic mass is 9.97. The van der Waals surface area contributed by atoms with Gasteiger partial charge in [0.1, 0.15) is 0 Å². The molecule has 0 aliphatic carbocycles. The van der Waals surface area contributed by atoms with E-state index in [2.05, 4.69) is 6.92 Å². The molecular formula is C17H38N2. The fourth-order valence-electron chi connectivity index (χ4n) is 2.66. The Morgan fingerprint density at radius 2 is 0.895 bits per heavy atom. The molecule has 19 heavy (non-hydrogen) atoms. The van der Waals surface area contributed by atoms with Crippen molar-refractivity contribution in [2.75, 3.05) is 13.1 Å². The van der Waals surface area contributed by atoms with Gasteiger partial charge in [-0.2, -0.15) is 0 Å². The maximum Gasteiger partial charge on any atom is -0.00772 e. The van der Waals surface area contributed by atoms with Crippen LogP contribution in [0.3, 0.4) is 0 Å². The van der Waals surface area contributed by atoms with Crippen LogP contribution in [0.1, 0.15) is 90.4 Å². The van der Waals surface area contributed by atoms with Gasteiger partial charge in [0.2, 0.25) is 0 Å². The molecule has 0 spiro atoms. The van der Waals surface area contributed by atoms with E-state index in [1.807, 2.05) is 0 Å². The Hall–Kier alpha value is -0.0800. The van der Waals surface area contributed by atoms with E-state index in [1.165, 1.54) is 83.5 Å². The molecule has 0 saturated heterocycles. The summed E-state index contributed by atoms with van der Waals surface area (Å²) in [6, 6.07) is 0. The Bertz CT molecular complexity index is 159. The van der Waals surface area contributed by atoms with Crippen molar-refractivity contribution < 1.29 is 0 Å². The Morgan fingerprint density at radius 1 is 0.526 bits per heavy atom. The lowest BCUT2D eigenvalue weighted by Gasteiger charge is -2.10. The summed E-state index contributed by atoms with van der Waals surface area (Å²) in [7, 11) is 0. The molecule has 0 bridgehead atoms. The standard InChI is InChI=1S/C17H38N2/c1-17(14-12-16-19)13-10-8-6-4-2-3-5-7-9-11-15-18/h17H,2-16,18-19H2,1H3. The van der Waals surface area contributed by atoms with E-state index >= 15 is 0 Å². The highest BCUT2D eigenvalue weighted by atomic mass is 14.5. The van der Waals surface area contributed by atoms with E-state index in [-0.39, 0.29) is 0 Å². The van der Waals surface area contributed by atoms with Gasteiger partial charge in [0.25, 0.3) is 0 Å². The SMILES string of the molecule is CC(CCCN)CCCCCCCCCCCCN. The van der Waals surface area contributed by atoms with Crippen molar-refractivity contribution in [1.29, 1.82) is 0 Å². The van der Waals surface area contributed by atoms with E-state index in [1.54, 1.807) is 0 Å². The summed E-state index contributed by atoms with van der Waals surface area (Å²) in [5.41, 5.74) is 11.0. The third-order valence-corrected chi connectivity index (χ3v) is 4.05. The molecule has 0 aromatic heterocycles. The van der Waals surface area contributed by atoms with Crippen LogP contribution >= 0.6 is 0 Å². The Labute approximate surface area is 121 Å². The van der Waals surface area contributed by atoms with Crippen LogP contribution in [0, 0.1) is 5.92 Å². The monoisotopic (exact) mass is 270 g/mol. The molecule has 0 aliphatic heterocycles. The second kappa shape index (κ2) is 16.0. The highest BCUT2D eigenvalue weighted by Crippen LogP contribution is 2.16. The highest BCUT2D eigenvalue weighted by molar-refractivity contribution is 4.55. The van der Waals surface area contributed by atoms with Crippen LogP contribution in [0.25, 0.3) is 0 Å². The van der Waals surface area contributed by atoms with Crippen LogP contribution in [-0.4, -0.2) is 13.1 Å².